The molecule has 2 amide bonds. The zero-order chi connectivity index (χ0) is 23.2. The topological polar surface area (TPSA) is 95.9 Å². The second-order valence-corrected chi connectivity index (χ2v) is 9.82. The largest absolute Gasteiger partial charge is 0.481 e. The molecule has 0 atom stereocenters. The van der Waals surface area contributed by atoms with Crippen molar-refractivity contribution in [3.8, 4) is 11.1 Å². The lowest BCUT2D eigenvalue weighted by molar-refractivity contribution is -0.164. The maximum absolute atomic E-state index is 12.4. The number of alkyl carbamates (subject to hydrolysis) is 1. The fourth-order valence-electron chi connectivity index (χ4n) is 5.31. The van der Waals surface area contributed by atoms with Crippen LogP contribution in [0.15, 0.2) is 48.5 Å². The first-order valence-corrected chi connectivity index (χ1v) is 11.5. The van der Waals surface area contributed by atoms with E-state index in [1.807, 2.05) is 24.3 Å². The lowest BCUT2D eigenvalue weighted by atomic mass is 9.76. The van der Waals surface area contributed by atoms with Crippen LogP contribution in [0.2, 0.25) is 0 Å². The van der Waals surface area contributed by atoms with Crippen LogP contribution in [-0.2, 0) is 14.3 Å². The third-order valence-corrected chi connectivity index (χ3v) is 7.31. The number of amides is 2. The van der Waals surface area contributed by atoms with Gasteiger partial charge in [0.05, 0.1) is 5.41 Å². The third-order valence-electron chi connectivity index (χ3n) is 7.31. The number of carboxylic acids is 1. The summed E-state index contributed by atoms with van der Waals surface area (Å²) in [5.41, 5.74) is 3.93. The Kier molecular flexibility index (Phi) is 5.35. The maximum Gasteiger partial charge on any atom is 0.407 e. The molecule has 2 aliphatic carbocycles. The van der Waals surface area contributed by atoms with Crippen molar-refractivity contribution < 1.29 is 24.2 Å². The predicted octanol–water partition coefficient (Wildman–Crippen LogP) is 3.63. The Morgan fingerprint density at radius 3 is 2.18 bits per heavy atom. The molecule has 0 aromatic heterocycles. The van der Waals surface area contributed by atoms with Crippen molar-refractivity contribution in [3.05, 3.63) is 59.7 Å². The van der Waals surface area contributed by atoms with Gasteiger partial charge in [0.2, 0.25) is 5.91 Å². The summed E-state index contributed by atoms with van der Waals surface area (Å²) in [4.78, 5) is 37.5. The first-order chi connectivity index (χ1) is 15.8. The van der Waals surface area contributed by atoms with Crippen LogP contribution in [0, 0.1) is 11.3 Å². The smallest absolute Gasteiger partial charge is 0.407 e. The standard InChI is InChI=1S/C26H28N2O5/c1-26(24(30)31)14-28(15-26)23(29)12-16-10-17(11-16)27-25(32)33-13-22-20-8-4-2-6-18(20)19-7-3-5-9-21(19)22/h2-9,16-17,22H,10-15H2,1H3,(H,27,32)(H,30,31). The zero-order valence-electron chi connectivity index (χ0n) is 18.6. The number of aliphatic carboxylic acids is 1. The Labute approximate surface area is 192 Å². The fourth-order valence-corrected chi connectivity index (χ4v) is 5.31. The first-order valence-electron chi connectivity index (χ1n) is 11.5. The van der Waals surface area contributed by atoms with Crippen molar-refractivity contribution in [2.24, 2.45) is 11.3 Å². The molecule has 2 fully saturated rings. The van der Waals surface area contributed by atoms with E-state index < -0.39 is 17.5 Å². The molecule has 172 valence electrons. The average Bonchev–Trinajstić information content (AvgIpc) is 3.07. The minimum absolute atomic E-state index is 0.00156. The van der Waals surface area contributed by atoms with Crippen LogP contribution in [0.5, 0.6) is 0 Å². The van der Waals surface area contributed by atoms with E-state index in [1.54, 1.807) is 11.8 Å². The quantitative estimate of drug-likeness (QED) is 0.704. The van der Waals surface area contributed by atoms with Crippen molar-refractivity contribution in [1.29, 1.82) is 0 Å². The highest BCUT2D eigenvalue weighted by Gasteiger charge is 2.48. The van der Waals surface area contributed by atoms with Crippen LogP contribution in [0.1, 0.15) is 43.2 Å². The van der Waals surface area contributed by atoms with Crippen LogP contribution < -0.4 is 5.32 Å². The number of fused-ring (bicyclic) bond motifs is 3. The molecule has 2 aromatic carbocycles. The fraction of sp³-hybridized carbons (Fsp3) is 0.423. The van der Waals surface area contributed by atoms with Crippen LogP contribution in [0.4, 0.5) is 4.79 Å². The molecule has 2 N–H and O–H groups in total. The van der Waals surface area contributed by atoms with Crippen molar-refractivity contribution in [1.82, 2.24) is 10.2 Å². The maximum atomic E-state index is 12.4. The number of hydrogen-bond donors (Lipinski definition) is 2. The van der Waals surface area contributed by atoms with Crippen LogP contribution in [-0.4, -0.2) is 53.7 Å². The number of nitrogens with one attached hydrogen (secondary N) is 1. The molecule has 0 radical (unpaired) electrons. The van der Waals surface area contributed by atoms with Crippen molar-refractivity contribution in [2.45, 2.75) is 38.1 Å². The molecule has 5 rings (SSSR count). The van der Waals surface area contributed by atoms with Gasteiger partial charge in [-0.2, -0.15) is 0 Å². The van der Waals surface area contributed by atoms with Crippen molar-refractivity contribution in [2.75, 3.05) is 19.7 Å². The summed E-state index contributed by atoms with van der Waals surface area (Å²) in [6.45, 7) is 2.49. The van der Waals surface area contributed by atoms with Gasteiger partial charge in [0, 0.05) is 31.5 Å². The van der Waals surface area contributed by atoms with Gasteiger partial charge in [-0.25, -0.2) is 4.79 Å². The zero-order valence-corrected chi connectivity index (χ0v) is 18.6. The average molecular weight is 449 g/mol. The SMILES string of the molecule is CC1(C(=O)O)CN(C(=O)CC2CC(NC(=O)OCC3c4ccccc4-c4ccccc43)C2)C1. The molecule has 1 heterocycles. The van der Waals surface area contributed by atoms with E-state index in [-0.39, 0.29) is 43.5 Å². The lowest BCUT2D eigenvalue weighted by Gasteiger charge is -2.46. The minimum Gasteiger partial charge on any atom is -0.481 e. The number of ether oxygens (including phenoxy) is 1. The first kappa shape index (κ1) is 21.5. The van der Waals surface area contributed by atoms with Crippen LogP contribution in [0.25, 0.3) is 11.1 Å². The van der Waals surface area contributed by atoms with E-state index in [0.717, 1.165) is 12.8 Å². The molecule has 7 nitrogen and oxygen atoms in total. The molecule has 33 heavy (non-hydrogen) atoms. The molecule has 1 saturated carbocycles. The van der Waals surface area contributed by atoms with Crippen LogP contribution >= 0.6 is 0 Å². The monoisotopic (exact) mass is 448 g/mol. The summed E-state index contributed by atoms with van der Waals surface area (Å²) in [6.07, 6.45) is 1.45. The minimum atomic E-state index is -0.859. The molecule has 0 bridgehead atoms. The number of hydrogen-bond acceptors (Lipinski definition) is 4. The summed E-state index contributed by atoms with van der Waals surface area (Å²) in [5, 5.41) is 12.1. The highest BCUT2D eigenvalue weighted by atomic mass is 16.5. The normalized spacial score (nSPS) is 22.4. The number of carbonyl (C=O) groups excluding carboxylic acids is 2. The molecule has 1 aliphatic heterocycles. The van der Waals surface area contributed by atoms with Gasteiger partial charge in [-0.05, 0) is 47.9 Å². The van der Waals surface area contributed by atoms with Gasteiger partial charge in [0.1, 0.15) is 6.61 Å². The second kappa shape index (κ2) is 8.21. The predicted molar refractivity (Wildman–Crippen MR) is 122 cm³/mol. The van der Waals surface area contributed by atoms with E-state index in [2.05, 4.69) is 29.6 Å². The van der Waals surface area contributed by atoms with Gasteiger partial charge in [-0.15, -0.1) is 0 Å². The van der Waals surface area contributed by atoms with Crippen LogP contribution in [0.3, 0.4) is 0 Å². The molecule has 1 saturated heterocycles. The molecule has 2 aromatic rings. The molecular weight excluding hydrogens is 420 g/mol. The van der Waals surface area contributed by atoms with Crippen molar-refractivity contribution in [3.63, 3.8) is 0 Å². The second-order valence-electron chi connectivity index (χ2n) is 9.82. The Hall–Kier alpha value is -3.35. The van der Waals surface area contributed by atoms with E-state index in [9.17, 15) is 14.4 Å². The summed E-state index contributed by atoms with van der Waals surface area (Å²) in [6, 6.07) is 16.5. The van der Waals surface area contributed by atoms with Crippen molar-refractivity contribution >= 4 is 18.0 Å². The van der Waals surface area contributed by atoms with Gasteiger partial charge in [-0.1, -0.05) is 48.5 Å². The molecule has 0 spiro atoms. The Bertz CT molecular complexity index is 1060. The Morgan fingerprint density at radius 1 is 1.03 bits per heavy atom. The number of carboxylic acid groups (broad SMARTS) is 1. The number of rotatable bonds is 6. The molecule has 3 aliphatic rings. The number of nitrogens with zero attached hydrogens (tertiary/aromatic N) is 1. The van der Waals surface area contributed by atoms with E-state index in [4.69, 9.17) is 9.84 Å². The lowest BCUT2D eigenvalue weighted by Crippen LogP contribution is -2.61. The third kappa shape index (κ3) is 3.96. The number of likely N-dealkylation sites (tertiary alicyclic amines) is 1. The van der Waals surface area contributed by atoms with E-state index >= 15 is 0 Å². The number of carbonyl (C=O) groups is 3. The highest BCUT2D eigenvalue weighted by Crippen LogP contribution is 2.44. The Balaban J connectivity index is 1.07. The summed E-state index contributed by atoms with van der Waals surface area (Å²) in [7, 11) is 0. The van der Waals surface area contributed by atoms with E-state index in [1.165, 1.54) is 22.3 Å². The van der Waals surface area contributed by atoms with Gasteiger partial charge in [-0.3, -0.25) is 9.59 Å². The highest BCUT2D eigenvalue weighted by molar-refractivity contribution is 5.83. The summed E-state index contributed by atoms with van der Waals surface area (Å²) < 4.78 is 5.59. The molecule has 7 heteroatoms. The number of benzene rings is 2. The molecular formula is C26H28N2O5. The summed E-state index contributed by atoms with van der Waals surface area (Å²) >= 11 is 0. The van der Waals surface area contributed by atoms with E-state index in [0.29, 0.717) is 6.42 Å². The summed E-state index contributed by atoms with van der Waals surface area (Å²) in [5.74, 6) is -0.614. The molecule has 0 unspecified atom stereocenters. The Morgan fingerprint density at radius 2 is 1.61 bits per heavy atom. The van der Waals surface area contributed by atoms with Gasteiger partial charge in [0.15, 0.2) is 0 Å². The van der Waals surface area contributed by atoms with Gasteiger partial charge in [0.25, 0.3) is 0 Å². The van der Waals surface area contributed by atoms with Gasteiger partial charge < -0.3 is 20.1 Å². The van der Waals surface area contributed by atoms with Gasteiger partial charge >= 0.3 is 12.1 Å².